The van der Waals surface area contributed by atoms with E-state index in [-0.39, 0.29) is 6.54 Å². The third kappa shape index (κ3) is 4.75. The van der Waals surface area contributed by atoms with Crippen LogP contribution in [-0.2, 0) is 4.79 Å². The summed E-state index contributed by atoms with van der Waals surface area (Å²) in [7, 11) is 0. The highest BCUT2D eigenvalue weighted by Crippen LogP contribution is 1.96. The van der Waals surface area contributed by atoms with Crippen LogP contribution in [0.3, 0.4) is 0 Å². The summed E-state index contributed by atoms with van der Waals surface area (Å²) in [5.41, 5.74) is 0. The Morgan fingerprint density at radius 3 is 2.45 bits per heavy atom. The molecule has 0 aromatic rings. The largest absolute Gasteiger partial charge is 0.480 e. The summed E-state index contributed by atoms with van der Waals surface area (Å²) in [6.45, 7) is 4.03. The van der Waals surface area contributed by atoms with Crippen molar-refractivity contribution in [1.82, 2.24) is 4.90 Å². The summed E-state index contributed by atoms with van der Waals surface area (Å²) in [5.74, 6) is -0.903. The zero-order valence-electron chi connectivity index (χ0n) is 6.95. The summed E-state index contributed by atoms with van der Waals surface area (Å²) in [6.07, 6.45) is 0.170. The minimum Gasteiger partial charge on any atom is -0.480 e. The van der Waals surface area contributed by atoms with Crippen molar-refractivity contribution in [2.75, 3.05) is 13.1 Å². The van der Waals surface area contributed by atoms with Gasteiger partial charge in [-0.3, -0.25) is 9.69 Å². The topological polar surface area (TPSA) is 60.8 Å². The Labute approximate surface area is 66.4 Å². The van der Waals surface area contributed by atoms with Crippen molar-refractivity contribution in [2.24, 2.45) is 0 Å². The number of aliphatic hydroxyl groups excluding tert-OH is 1. The molecule has 0 aromatic heterocycles. The lowest BCUT2D eigenvalue weighted by molar-refractivity contribution is -0.141. The first-order valence-corrected chi connectivity index (χ1v) is 3.71. The Hall–Kier alpha value is -0.610. The quantitative estimate of drug-likeness (QED) is 0.562. The predicted octanol–water partition coefficient (Wildman–Crippen LogP) is 0.121. The maximum Gasteiger partial charge on any atom is 0.317 e. The number of aliphatic carboxylic acids is 1. The number of nitrogens with zero attached hydrogens (tertiary/aromatic N) is 1. The van der Waals surface area contributed by atoms with E-state index < -0.39 is 12.2 Å². The van der Waals surface area contributed by atoms with Gasteiger partial charge in [0.1, 0.15) is 6.23 Å². The van der Waals surface area contributed by atoms with Gasteiger partial charge in [0, 0.05) is 6.54 Å². The molecule has 0 aliphatic heterocycles. The summed E-state index contributed by atoms with van der Waals surface area (Å²) >= 11 is 0. The molecule has 0 aliphatic carbocycles. The Kier molecular flexibility index (Phi) is 4.81. The lowest BCUT2D eigenvalue weighted by atomic mass is 10.4. The smallest absolute Gasteiger partial charge is 0.317 e. The Morgan fingerprint density at radius 1 is 1.64 bits per heavy atom. The maximum absolute atomic E-state index is 10.2. The Morgan fingerprint density at radius 2 is 2.18 bits per heavy atom. The van der Waals surface area contributed by atoms with Crippen LogP contribution in [0.2, 0.25) is 0 Å². The standard InChI is InChI=1S/C7H15NO3/c1-3-4-8(6(2)9)5-7(10)11/h6,9H,3-5H2,1-2H3,(H,10,11). The number of carboxylic acids is 1. The second-order valence-electron chi connectivity index (χ2n) is 2.50. The number of carboxylic acid groups (broad SMARTS) is 1. The minimum atomic E-state index is -0.903. The molecule has 0 heterocycles. The number of rotatable bonds is 5. The number of carbonyl (C=O) groups is 1. The van der Waals surface area contributed by atoms with Gasteiger partial charge in [0.2, 0.25) is 0 Å². The number of hydrogen-bond acceptors (Lipinski definition) is 3. The van der Waals surface area contributed by atoms with Crippen LogP contribution in [0.15, 0.2) is 0 Å². The Bertz CT molecular complexity index is 125. The average molecular weight is 161 g/mol. The second kappa shape index (κ2) is 5.09. The molecule has 1 atom stereocenters. The lowest BCUT2D eigenvalue weighted by Gasteiger charge is -2.22. The predicted molar refractivity (Wildman–Crippen MR) is 41.2 cm³/mol. The fourth-order valence-corrected chi connectivity index (χ4v) is 0.859. The molecule has 0 aromatic carbocycles. The molecule has 0 amide bonds. The fraction of sp³-hybridized carbons (Fsp3) is 0.857. The van der Waals surface area contributed by atoms with Gasteiger partial charge in [0.05, 0.1) is 6.54 Å². The third-order valence-corrected chi connectivity index (χ3v) is 1.38. The highest BCUT2D eigenvalue weighted by Gasteiger charge is 2.12. The van der Waals surface area contributed by atoms with Gasteiger partial charge in [-0.15, -0.1) is 0 Å². The van der Waals surface area contributed by atoms with E-state index in [2.05, 4.69) is 0 Å². The van der Waals surface area contributed by atoms with Crippen molar-refractivity contribution in [3.05, 3.63) is 0 Å². The van der Waals surface area contributed by atoms with Gasteiger partial charge >= 0.3 is 5.97 Å². The van der Waals surface area contributed by atoms with Gasteiger partial charge < -0.3 is 10.2 Å². The monoisotopic (exact) mass is 161 g/mol. The molecule has 0 rings (SSSR count). The zero-order valence-corrected chi connectivity index (χ0v) is 6.95. The number of aliphatic hydroxyl groups is 1. The second-order valence-corrected chi connectivity index (χ2v) is 2.50. The molecule has 11 heavy (non-hydrogen) atoms. The summed E-state index contributed by atoms with van der Waals surface area (Å²) in [4.78, 5) is 11.7. The summed E-state index contributed by atoms with van der Waals surface area (Å²) in [5, 5.41) is 17.5. The van der Waals surface area contributed by atoms with E-state index >= 15 is 0 Å². The van der Waals surface area contributed by atoms with Crippen molar-refractivity contribution in [3.8, 4) is 0 Å². The fourth-order valence-electron chi connectivity index (χ4n) is 0.859. The van der Waals surface area contributed by atoms with Crippen LogP contribution >= 0.6 is 0 Å². The van der Waals surface area contributed by atoms with Crippen molar-refractivity contribution in [1.29, 1.82) is 0 Å². The summed E-state index contributed by atoms with van der Waals surface area (Å²) < 4.78 is 0. The normalized spacial score (nSPS) is 13.5. The van der Waals surface area contributed by atoms with Gasteiger partial charge in [-0.2, -0.15) is 0 Å². The van der Waals surface area contributed by atoms with Crippen LogP contribution in [0.1, 0.15) is 20.3 Å². The van der Waals surface area contributed by atoms with E-state index in [1.807, 2.05) is 6.92 Å². The summed E-state index contributed by atoms with van der Waals surface area (Å²) in [6, 6.07) is 0. The average Bonchev–Trinajstić information content (AvgIpc) is 1.86. The first-order valence-electron chi connectivity index (χ1n) is 3.71. The molecule has 0 bridgehead atoms. The molecule has 4 nitrogen and oxygen atoms in total. The SMILES string of the molecule is CCCN(CC(=O)O)C(C)O. The van der Waals surface area contributed by atoms with E-state index in [1.165, 1.54) is 4.90 Å². The molecular formula is C7H15NO3. The van der Waals surface area contributed by atoms with Crippen LogP contribution in [0, 0.1) is 0 Å². The van der Waals surface area contributed by atoms with Crippen molar-refractivity contribution in [3.63, 3.8) is 0 Å². The van der Waals surface area contributed by atoms with E-state index in [4.69, 9.17) is 10.2 Å². The molecular weight excluding hydrogens is 146 g/mol. The molecule has 0 fully saturated rings. The minimum absolute atomic E-state index is 0.0918. The van der Waals surface area contributed by atoms with Crippen LogP contribution in [0.5, 0.6) is 0 Å². The van der Waals surface area contributed by atoms with Crippen molar-refractivity contribution < 1.29 is 15.0 Å². The van der Waals surface area contributed by atoms with Crippen LogP contribution in [0.25, 0.3) is 0 Å². The molecule has 2 N–H and O–H groups in total. The molecule has 0 spiro atoms. The van der Waals surface area contributed by atoms with Gasteiger partial charge in [0.15, 0.2) is 0 Å². The molecule has 1 unspecified atom stereocenters. The van der Waals surface area contributed by atoms with Crippen LogP contribution < -0.4 is 0 Å². The first kappa shape index (κ1) is 10.4. The van der Waals surface area contributed by atoms with E-state index in [0.717, 1.165) is 6.42 Å². The Balaban J connectivity index is 3.79. The van der Waals surface area contributed by atoms with Crippen molar-refractivity contribution in [2.45, 2.75) is 26.5 Å². The molecule has 0 saturated heterocycles. The van der Waals surface area contributed by atoms with E-state index in [9.17, 15) is 4.79 Å². The van der Waals surface area contributed by atoms with Crippen molar-refractivity contribution >= 4 is 5.97 Å². The van der Waals surface area contributed by atoms with Gasteiger partial charge in [-0.1, -0.05) is 6.92 Å². The molecule has 0 saturated carbocycles. The molecule has 0 aliphatic rings. The van der Waals surface area contributed by atoms with E-state index in [1.54, 1.807) is 6.92 Å². The van der Waals surface area contributed by atoms with Crippen LogP contribution in [0.4, 0.5) is 0 Å². The highest BCUT2D eigenvalue weighted by molar-refractivity contribution is 5.69. The van der Waals surface area contributed by atoms with Gasteiger partial charge in [-0.25, -0.2) is 0 Å². The zero-order chi connectivity index (χ0) is 8.85. The maximum atomic E-state index is 10.2. The third-order valence-electron chi connectivity index (χ3n) is 1.38. The van der Waals surface area contributed by atoms with E-state index in [0.29, 0.717) is 6.54 Å². The van der Waals surface area contributed by atoms with Crippen LogP contribution in [-0.4, -0.2) is 40.4 Å². The lowest BCUT2D eigenvalue weighted by Crippen LogP contribution is -2.37. The van der Waals surface area contributed by atoms with Gasteiger partial charge in [-0.05, 0) is 13.3 Å². The molecule has 4 heteroatoms. The number of hydrogen-bond donors (Lipinski definition) is 2. The first-order chi connectivity index (χ1) is 5.07. The molecule has 0 radical (unpaired) electrons. The highest BCUT2D eigenvalue weighted by atomic mass is 16.4. The molecule has 66 valence electrons. The van der Waals surface area contributed by atoms with Gasteiger partial charge in [0.25, 0.3) is 0 Å².